The molecule has 0 spiro atoms. The van der Waals surface area contributed by atoms with E-state index in [1.807, 2.05) is 13.0 Å². The van der Waals surface area contributed by atoms with E-state index in [1.54, 1.807) is 6.08 Å². The highest BCUT2D eigenvalue weighted by atomic mass is 19.1. The number of allylic oxidation sites excluding steroid dienone is 4. The number of aromatic amines is 1. The van der Waals surface area contributed by atoms with Gasteiger partial charge in [-0.3, -0.25) is 0 Å². The fraction of sp³-hybridized carbons (Fsp3) is 0.444. The van der Waals surface area contributed by atoms with Crippen molar-refractivity contribution < 1.29 is 4.39 Å². The van der Waals surface area contributed by atoms with Crippen LogP contribution in [-0.4, -0.2) is 38.8 Å². The smallest absolute Gasteiger partial charge is 0.161 e. The summed E-state index contributed by atoms with van der Waals surface area (Å²) in [7, 11) is 0. The summed E-state index contributed by atoms with van der Waals surface area (Å²) < 4.78 is 15.7. The van der Waals surface area contributed by atoms with Crippen molar-refractivity contribution >= 4 is 5.70 Å². The van der Waals surface area contributed by atoms with Gasteiger partial charge in [-0.05, 0) is 67.4 Å². The zero-order chi connectivity index (χ0) is 23.0. The number of likely N-dealkylation sites (tertiary alicyclic amines) is 1. The minimum absolute atomic E-state index is 0.446. The van der Waals surface area contributed by atoms with Crippen LogP contribution in [0.4, 0.5) is 4.39 Å². The Morgan fingerprint density at radius 3 is 2.58 bits per heavy atom. The lowest BCUT2D eigenvalue weighted by Gasteiger charge is -2.40. The molecule has 0 amide bonds. The first kappa shape index (κ1) is 21.6. The third-order valence-electron chi connectivity index (χ3n) is 7.59. The third kappa shape index (κ3) is 4.13. The number of nitrogens with zero attached hydrogens (tertiary/aromatic N) is 4. The highest BCUT2D eigenvalue weighted by Crippen LogP contribution is 2.43. The molecule has 33 heavy (non-hydrogen) atoms. The number of nitrogens with one attached hydrogen (secondary N) is 1. The average Bonchev–Trinajstić information content (AvgIpc) is 3.24. The molecule has 6 heteroatoms. The van der Waals surface area contributed by atoms with Gasteiger partial charge in [0.25, 0.3) is 0 Å². The molecule has 0 bridgehead atoms. The number of hydrogen-bond acceptors (Lipinski definition) is 4. The van der Waals surface area contributed by atoms with E-state index in [0.717, 1.165) is 39.6 Å². The Morgan fingerprint density at radius 1 is 1.21 bits per heavy atom. The Morgan fingerprint density at radius 2 is 2.00 bits per heavy atom. The third-order valence-corrected chi connectivity index (χ3v) is 7.59. The maximum atomic E-state index is 15.7. The SMILES string of the molecule is C=C(c1ccc(C2CCC2)c(-c2nnc(C)[nH]2)c1)N1CCC(F)(C2=CC=C(C#N)CC2)CC1. The van der Waals surface area contributed by atoms with Crippen LogP contribution < -0.4 is 0 Å². The van der Waals surface area contributed by atoms with E-state index in [-0.39, 0.29) is 0 Å². The van der Waals surface area contributed by atoms with Gasteiger partial charge >= 0.3 is 0 Å². The number of benzene rings is 1. The number of nitriles is 1. The molecule has 5 nitrogen and oxygen atoms in total. The lowest BCUT2D eigenvalue weighted by molar-refractivity contribution is 0.113. The predicted molar refractivity (Wildman–Crippen MR) is 128 cm³/mol. The zero-order valence-corrected chi connectivity index (χ0v) is 19.2. The largest absolute Gasteiger partial charge is 0.371 e. The maximum Gasteiger partial charge on any atom is 0.161 e. The summed E-state index contributed by atoms with van der Waals surface area (Å²) in [5, 5.41) is 17.6. The number of rotatable bonds is 5. The van der Waals surface area contributed by atoms with Crippen molar-refractivity contribution in [3.8, 4) is 17.5 Å². The van der Waals surface area contributed by atoms with Crippen LogP contribution in [0.15, 0.2) is 48.1 Å². The number of aromatic nitrogens is 3. The van der Waals surface area contributed by atoms with Gasteiger partial charge in [0.05, 0.1) is 6.07 Å². The van der Waals surface area contributed by atoms with E-state index >= 15 is 4.39 Å². The minimum Gasteiger partial charge on any atom is -0.371 e. The van der Waals surface area contributed by atoms with Crippen LogP contribution in [0.5, 0.6) is 0 Å². The molecular weight excluding hydrogens is 413 g/mol. The van der Waals surface area contributed by atoms with Gasteiger partial charge in [0, 0.05) is 42.8 Å². The summed E-state index contributed by atoms with van der Waals surface area (Å²) >= 11 is 0. The number of aryl methyl sites for hydroxylation is 1. The molecular formula is C27H30FN5. The molecule has 5 rings (SSSR count). The lowest BCUT2D eigenvalue weighted by atomic mass is 9.77. The minimum atomic E-state index is -1.29. The van der Waals surface area contributed by atoms with E-state index in [9.17, 15) is 0 Å². The molecule has 2 fully saturated rings. The van der Waals surface area contributed by atoms with Gasteiger partial charge in [0.2, 0.25) is 0 Å². The maximum absolute atomic E-state index is 15.7. The van der Waals surface area contributed by atoms with Gasteiger partial charge in [0.1, 0.15) is 11.5 Å². The van der Waals surface area contributed by atoms with E-state index in [4.69, 9.17) is 5.26 Å². The van der Waals surface area contributed by atoms with E-state index < -0.39 is 5.67 Å². The Kier molecular flexibility index (Phi) is 5.65. The molecule has 0 unspecified atom stereocenters. The molecule has 1 aliphatic heterocycles. The van der Waals surface area contributed by atoms with Crippen molar-refractivity contribution in [3.63, 3.8) is 0 Å². The standard InChI is InChI=1S/C27H30FN5/c1-18(33-14-12-27(28,13-15-33)23-9-6-20(17-29)7-10-23)22-8-11-24(21-4-3-5-21)25(16-22)26-30-19(2)31-32-26/h6,8-9,11,16,21H,1,3-5,7,10,12-15H2,2H3,(H,30,31,32). The van der Waals surface area contributed by atoms with Gasteiger partial charge in [-0.15, -0.1) is 10.2 Å². The van der Waals surface area contributed by atoms with Crippen molar-refractivity contribution in [3.05, 3.63) is 65.0 Å². The van der Waals surface area contributed by atoms with E-state index in [1.165, 1.54) is 24.8 Å². The molecule has 1 saturated heterocycles. The fourth-order valence-electron chi connectivity index (χ4n) is 5.22. The van der Waals surface area contributed by atoms with Crippen molar-refractivity contribution in [2.24, 2.45) is 0 Å². The molecule has 1 saturated carbocycles. The van der Waals surface area contributed by atoms with Crippen LogP contribution in [0.1, 0.15) is 67.8 Å². The van der Waals surface area contributed by atoms with Crippen LogP contribution in [0, 0.1) is 18.3 Å². The molecule has 170 valence electrons. The summed E-state index contributed by atoms with van der Waals surface area (Å²) in [4.78, 5) is 5.49. The number of halogens is 1. The summed E-state index contributed by atoms with van der Waals surface area (Å²) in [5.74, 6) is 2.19. The molecule has 2 heterocycles. The first-order valence-electron chi connectivity index (χ1n) is 11.9. The Balaban J connectivity index is 1.34. The summed E-state index contributed by atoms with van der Waals surface area (Å²) in [5.41, 5.74) is 4.68. The van der Waals surface area contributed by atoms with Crippen molar-refractivity contribution in [2.45, 2.75) is 63.5 Å². The molecule has 1 aromatic heterocycles. The monoisotopic (exact) mass is 443 g/mol. The number of hydrogen-bond donors (Lipinski definition) is 1. The van der Waals surface area contributed by atoms with Gasteiger partial charge < -0.3 is 9.88 Å². The summed E-state index contributed by atoms with van der Waals surface area (Å²) in [6, 6.07) is 8.72. The Labute approximate surface area is 194 Å². The second-order valence-electron chi connectivity index (χ2n) is 9.58. The van der Waals surface area contributed by atoms with Crippen molar-refractivity contribution in [2.75, 3.05) is 13.1 Å². The first-order valence-corrected chi connectivity index (χ1v) is 11.9. The normalized spacial score (nSPS) is 20.5. The number of piperidine rings is 1. The van der Waals surface area contributed by atoms with Crippen molar-refractivity contribution in [1.82, 2.24) is 20.1 Å². The van der Waals surface area contributed by atoms with E-state index in [0.29, 0.717) is 44.7 Å². The Hall–Kier alpha value is -3.20. The van der Waals surface area contributed by atoms with Crippen LogP contribution >= 0.6 is 0 Å². The van der Waals surface area contributed by atoms with Gasteiger partial charge in [0.15, 0.2) is 5.82 Å². The topological polar surface area (TPSA) is 68.6 Å². The van der Waals surface area contributed by atoms with Gasteiger partial charge in [-0.25, -0.2) is 4.39 Å². The van der Waals surface area contributed by atoms with Crippen LogP contribution in [0.2, 0.25) is 0 Å². The van der Waals surface area contributed by atoms with E-state index in [2.05, 4.69) is 50.9 Å². The van der Waals surface area contributed by atoms with Crippen molar-refractivity contribution in [1.29, 1.82) is 5.26 Å². The second kappa shape index (κ2) is 8.62. The quantitative estimate of drug-likeness (QED) is 0.616. The number of alkyl halides is 1. The predicted octanol–water partition coefficient (Wildman–Crippen LogP) is 5.99. The first-order chi connectivity index (χ1) is 16.0. The number of H-pyrrole nitrogens is 1. The van der Waals surface area contributed by atoms with Crippen LogP contribution in [-0.2, 0) is 0 Å². The molecule has 3 aliphatic rings. The summed E-state index contributed by atoms with van der Waals surface area (Å²) in [6.07, 6.45) is 9.49. The van der Waals surface area contributed by atoms with Gasteiger partial charge in [-0.2, -0.15) is 5.26 Å². The zero-order valence-electron chi connectivity index (χ0n) is 19.2. The lowest BCUT2D eigenvalue weighted by Crippen LogP contribution is -2.42. The second-order valence-corrected chi connectivity index (χ2v) is 9.58. The average molecular weight is 444 g/mol. The molecule has 1 aromatic carbocycles. The molecule has 2 aliphatic carbocycles. The fourth-order valence-corrected chi connectivity index (χ4v) is 5.22. The Bertz CT molecular complexity index is 1170. The van der Waals surface area contributed by atoms with Gasteiger partial charge in [-0.1, -0.05) is 31.2 Å². The molecule has 2 aromatic rings. The van der Waals surface area contributed by atoms with Crippen LogP contribution in [0.25, 0.3) is 17.1 Å². The molecule has 0 radical (unpaired) electrons. The molecule has 1 N–H and O–H groups in total. The highest BCUT2D eigenvalue weighted by molar-refractivity contribution is 5.71. The van der Waals surface area contributed by atoms with Crippen LogP contribution in [0.3, 0.4) is 0 Å². The molecule has 0 atom stereocenters. The summed E-state index contributed by atoms with van der Waals surface area (Å²) in [6.45, 7) is 7.55. The highest BCUT2D eigenvalue weighted by Gasteiger charge is 2.38.